The highest BCUT2D eigenvalue weighted by atomic mass is 32.2. The number of hydrogen-bond donors (Lipinski definition) is 1. The Bertz CT molecular complexity index is 521. The van der Waals surface area contributed by atoms with Gasteiger partial charge >= 0.3 is 0 Å². The van der Waals surface area contributed by atoms with Gasteiger partial charge in [0.1, 0.15) is 0 Å². The van der Waals surface area contributed by atoms with Crippen LogP contribution >= 0.6 is 0 Å². The first-order chi connectivity index (χ1) is 8.96. The van der Waals surface area contributed by atoms with Gasteiger partial charge in [0.25, 0.3) is 0 Å². The van der Waals surface area contributed by atoms with Crippen molar-refractivity contribution < 1.29 is 8.42 Å². The van der Waals surface area contributed by atoms with E-state index in [-0.39, 0.29) is 0 Å². The van der Waals surface area contributed by atoms with Gasteiger partial charge in [-0.1, -0.05) is 0 Å². The zero-order chi connectivity index (χ0) is 14.0. The minimum atomic E-state index is -3.35. The third-order valence-electron chi connectivity index (χ3n) is 3.30. The van der Waals surface area contributed by atoms with Gasteiger partial charge < -0.3 is 10.6 Å². The largest absolute Gasteiger partial charge is 0.367 e. The van der Waals surface area contributed by atoms with Crippen molar-refractivity contribution in [2.24, 2.45) is 5.73 Å². The molecule has 0 heterocycles. The average Bonchev–Trinajstić information content (AvgIpc) is 3.20. The zero-order valence-corrected chi connectivity index (χ0v) is 12.2. The van der Waals surface area contributed by atoms with Crippen molar-refractivity contribution in [2.45, 2.75) is 23.8 Å². The summed E-state index contributed by atoms with van der Waals surface area (Å²) in [6.45, 7) is 1.42. The van der Waals surface area contributed by atoms with E-state index in [0.29, 0.717) is 17.5 Å². The lowest BCUT2D eigenvalue weighted by atomic mass is 10.3. The van der Waals surface area contributed by atoms with Crippen molar-refractivity contribution in [2.75, 3.05) is 32.1 Å². The van der Waals surface area contributed by atoms with Crippen molar-refractivity contribution in [1.29, 1.82) is 0 Å². The molecule has 1 saturated carbocycles. The van der Waals surface area contributed by atoms with Gasteiger partial charge in [-0.2, -0.15) is 0 Å². The average molecular weight is 283 g/mol. The van der Waals surface area contributed by atoms with Crippen molar-refractivity contribution in [3.05, 3.63) is 24.3 Å². The molecule has 0 spiro atoms. The highest BCUT2D eigenvalue weighted by molar-refractivity contribution is 7.89. The van der Waals surface area contributed by atoms with Crippen LogP contribution in [0, 0.1) is 0 Å². The van der Waals surface area contributed by atoms with Crippen LogP contribution in [0.5, 0.6) is 0 Å². The first-order valence-corrected chi connectivity index (χ1v) is 7.90. The summed E-state index contributed by atoms with van der Waals surface area (Å²) in [5, 5.41) is 0. The minimum absolute atomic E-state index is 0.324. The third-order valence-corrected chi connectivity index (χ3v) is 5.13. The number of sulfonamides is 1. The van der Waals surface area contributed by atoms with Crippen molar-refractivity contribution >= 4 is 15.7 Å². The Morgan fingerprint density at radius 1 is 1.21 bits per heavy atom. The summed E-state index contributed by atoms with van der Waals surface area (Å²) in [7, 11) is -0.274. The van der Waals surface area contributed by atoms with Gasteiger partial charge in [0.2, 0.25) is 10.0 Å². The molecule has 0 saturated heterocycles. The Kier molecular flexibility index (Phi) is 4.13. The maximum atomic E-state index is 12.0. The summed E-state index contributed by atoms with van der Waals surface area (Å²) in [6, 6.07) is 7.63. The van der Waals surface area contributed by atoms with Crippen LogP contribution in [0.15, 0.2) is 29.2 Å². The maximum absolute atomic E-state index is 12.0. The highest BCUT2D eigenvalue weighted by Crippen LogP contribution is 2.31. The number of rotatable bonds is 6. The van der Waals surface area contributed by atoms with Crippen LogP contribution in [-0.2, 0) is 10.0 Å². The molecule has 0 radical (unpaired) electrons. The SMILES string of the molecule is CN(C)S(=O)(=O)c1ccc(N(CCN)C2CC2)cc1. The summed E-state index contributed by atoms with van der Waals surface area (Å²) in [5.74, 6) is 0. The Morgan fingerprint density at radius 3 is 2.21 bits per heavy atom. The molecule has 5 nitrogen and oxygen atoms in total. The summed E-state index contributed by atoms with van der Waals surface area (Å²) in [6.07, 6.45) is 2.38. The van der Waals surface area contributed by atoms with Crippen LogP contribution in [0.2, 0.25) is 0 Å². The molecule has 0 amide bonds. The van der Waals surface area contributed by atoms with Crippen LogP contribution in [0.25, 0.3) is 0 Å². The molecule has 0 aromatic heterocycles. The smallest absolute Gasteiger partial charge is 0.242 e. The van der Waals surface area contributed by atoms with Gasteiger partial charge in [-0.25, -0.2) is 12.7 Å². The number of hydrogen-bond acceptors (Lipinski definition) is 4. The number of benzene rings is 1. The molecule has 1 aromatic rings. The zero-order valence-electron chi connectivity index (χ0n) is 11.4. The van der Waals surface area contributed by atoms with Gasteiger partial charge in [-0.15, -0.1) is 0 Å². The Hall–Kier alpha value is -1.11. The molecule has 0 aliphatic heterocycles. The molecule has 2 rings (SSSR count). The van der Waals surface area contributed by atoms with Crippen LogP contribution in [0.1, 0.15) is 12.8 Å². The lowest BCUT2D eigenvalue weighted by Crippen LogP contribution is -2.31. The second kappa shape index (κ2) is 5.48. The number of anilines is 1. The van der Waals surface area contributed by atoms with E-state index in [1.54, 1.807) is 12.1 Å². The molecule has 6 heteroatoms. The van der Waals surface area contributed by atoms with Crippen LogP contribution < -0.4 is 10.6 Å². The molecule has 0 atom stereocenters. The van der Waals surface area contributed by atoms with E-state index >= 15 is 0 Å². The quantitative estimate of drug-likeness (QED) is 0.841. The fourth-order valence-electron chi connectivity index (χ4n) is 2.07. The molecular formula is C13H21N3O2S. The van der Waals surface area contributed by atoms with E-state index in [0.717, 1.165) is 12.2 Å². The second-order valence-electron chi connectivity index (χ2n) is 4.99. The lowest BCUT2D eigenvalue weighted by Gasteiger charge is -2.24. The highest BCUT2D eigenvalue weighted by Gasteiger charge is 2.29. The van der Waals surface area contributed by atoms with Gasteiger partial charge in [0, 0.05) is 38.9 Å². The van der Waals surface area contributed by atoms with Crippen LogP contribution in [-0.4, -0.2) is 45.9 Å². The minimum Gasteiger partial charge on any atom is -0.367 e. The normalized spacial score (nSPS) is 15.8. The maximum Gasteiger partial charge on any atom is 0.242 e. The Labute approximate surface area is 115 Å². The first-order valence-electron chi connectivity index (χ1n) is 6.46. The second-order valence-corrected chi connectivity index (χ2v) is 7.15. The van der Waals surface area contributed by atoms with Crippen molar-refractivity contribution in [3.8, 4) is 0 Å². The standard InChI is InChI=1S/C13H21N3O2S/c1-15(2)19(17,18)13-7-5-12(6-8-13)16(10-9-14)11-3-4-11/h5-8,11H,3-4,9-10,14H2,1-2H3. The molecule has 2 N–H and O–H groups in total. The third kappa shape index (κ3) is 3.08. The molecule has 1 aromatic carbocycles. The molecule has 106 valence electrons. The van der Waals surface area contributed by atoms with Gasteiger partial charge in [-0.05, 0) is 37.1 Å². The van der Waals surface area contributed by atoms with Crippen LogP contribution in [0.4, 0.5) is 5.69 Å². The van der Waals surface area contributed by atoms with Gasteiger partial charge in [-0.3, -0.25) is 0 Å². The summed E-state index contributed by atoms with van der Waals surface area (Å²) in [5.41, 5.74) is 6.67. The van der Waals surface area contributed by atoms with Crippen LogP contribution in [0.3, 0.4) is 0 Å². The fraction of sp³-hybridized carbons (Fsp3) is 0.538. The molecule has 19 heavy (non-hydrogen) atoms. The number of nitrogens with zero attached hydrogens (tertiary/aromatic N) is 2. The van der Waals surface area contributed by atoms with Crippen molar-refractivity contribution in [3.63, 3.8) is 0 Å². The van der Waals surface area contributed by atoms with Gasteiger partial charge in [0.15, 0.2) is 0 Å². The molecular weight excluding hydrogens is 262 g/mol. The van der Waals surface area contributed by atoms with E-state index in [2.05, 4.69) is 4.90 Å². The Morgan fingerprint density at radius 2 is 1.79 bits per heavy atom. The van der Waals surface area contributed by atoms with E-state index in [4.69, 9.17) is 5.73 Å². The van der Waals surface area contributed by atoms with Crippen molar-refractivity contribution in [1.82, 2.24) is 4.31 Å². The van der Waals surface area contributed by atoms with Gasteiger partial charge in [0.05, 0.1) is 4.90 Å². The topological polar surface area (TPSA) is 66.6 Å². The molecule has 0 bridgehead atoms. The molecule has 0 unspecified atom stereocenters. The first kappa shape index (κ1) is 14.3. The summed E-state index contributed by atoms with van der Waals surface area (Å²) >= 11 is 0. The van der Waals surface area contributed by atoms with E-state index in [1.165, 1.54) is 31.2 Å². The molecule has 1 aliphatic rings. The summed E-state index contributed by atoms with van der Waals surface area (Å²) in [4.78, 5) is 2.58. The fourth-order valence-corrected chi connectivity index (χ4v) is 2.97. The predicted molar refractivity (Wildman–Crippen MR) is 76.7 cm³/mol. The van der Waals surface area contributed by atoms with E-state index in [9.17, 15) is 8.42 Å². The van der Waals surface area contributed by atoms with E-state index < -0.39 is 10.0 Å². The predicted octanol–water partition coefficient (Wildman–Crippen LogP) is 0.864. The molecule has 1 aliphatic carbocycles. The summed E-state index contributed by atoms with van der Waals surface area (Å²) < 4.78 is 25.2. The Balaban J connectivity index is 2.22. The molecule has 1 fully saturated rings. The van der Waals surface area contributed by atoms with E-state index in [1.807, 2.05) is 12.1 Å². The number of nitrogens with two attached hydrogens (primary N) is 1. The monoisotopic (exact) mass is 283 g/mol. The lowest BCUT2D eigenvalue weighted by molar-refractivity contribution is 0.521.